The Bertz CT molecular complexity index is 5870. The van der Waals surface area contributed by atoms with Crippen molar-refractivity contribution in [2.24, 2.45) is 0 Å². The average molecular weight is 2010 g/mol. The van der Waals surface area contributed by atoms with Gasteiger partial charge in [0.15, 0.2) is 0 Å². The monoisotopic (exact) mass is 2010 g/mol. The zero-order valence-corrected chi connectivity index (χ0v) is 81.0. The summed E-state index contributed by atoms with van der Waals surface area (Å²) in [6.07, 6.45) is 0. The zero-order valence-electron chi connectivity index (χ0n) is 72.0. The molecule has 0 radical (unpaired) electrons. The average Bonchev–Trinajstić information content (AvgIpc) is 0.837. The molecule has 0 aliphatic rings. The van der Waals surface area contributed by atoms with Gasteiger partial charge in [-0.3, -0.25) is 84.7 Å². The van der Waals surface area contributed by atoms with E-state index in [1.54, 1.807) is 134 Å². The van der Waals surface area contributed by atoms with E-state index in [0.717, 1.165) is 65.0 Å². The third kappa shape index (κ3) is 43.9. The van der Waals surface area contributed by atoms with E-state index in [-0.39, 0.29) is 112 Å². The van der Waals surface area contributed by atoms with E-state index in [2.05, 4.69) is 21.3 Å². The number of nitrogens with zero attached hydrogens (tertiary/aromatic N) is 6. The summed E-state index contributed by atoms with van der Waals surface area (Å²) in [5.41, 5.74) is 29.7. The van der Waals surface area contributed by atoms with Crippen molar-refractivity contribution in [3.8, 4) is 0 Å². The van der Waals surface area contributed by atoms with Crippen molar-refractivity contribution in [1.82, 2.24) is 0 Å². The van der Waals surface area contributed by atoms with E-state index in [1.807, 2.05) is 121 Å². The summed E-state index contributed by atoms with van der Waals surface area (Å²) in [4.78, 5) is 127. The number of nitro benzene ring substituents is 6. The standard InChI is InChI=1S/C26H18N4O6S.C26H22N4O2S.C12H8N2O4S.C12H12N2S.C7H4ClNO3.C6H4FNO2.2C2H6O.3CH4.2Na.H2S/c31-25(17-1-9-21(10-2-17)29(33)34)27-19-5-13-23(14-6-19)37-24-15-7-20(8-16-24)28-26(32)18-3-11-22(12-4-18)30(35)36;27-19-5-1-17(2-6-19)25(31)29-21-9-13-23(14-10-21)33-24-15-11-22(12-16-24)30-26(32)18-3-7-20(28)8-4-18;15-13(16)9-1-5-11(6-2-9)19-12-7-3-10(4-8-12)14(17)18;13-9-1-5-11(6-2-9)15-12-7-3-10(14)4-8-12;8-7(10)5-1-3-6(4-2-5)9(11)12;7-5-1-3-6(4-2-5)8(9)10;2*1-2-3;;;;;;/h1-16H,(H,27,31)(H,28,32);1-16H,27-28H2,(H,29,31)(H,30,32);1-8H;1-8H,13-14H2;1-4H;1-4H;2*3H,2H2,1H3;3*1H4;;;1H2. The van der Waals surface area contributed by atoms with Crippen molar-refractivity contribution in [1.29, 1.82) is 0 Å². The number of carbonyl (C=O) groups excluding carboxylic acids is 5. The van der Waals surface area contributed by atoms with Crippen LogP contribution in [0.5, 0.6) is 0 Å². The Hall–Kier alpha value is -13.9. The van der Waals surface area contributed by atoms with Gasteiger partial charge in [0.05, 0.1) is 29.5 Å². The van der Waals surface area contributed by atoms with Crippen molar-refractivity contribution in [3.63, 3.8) is 0 Å². The Morgan fingerprint density at radius 2 is 0.413 bits per heavy atom. The molecule has 0 saturated carbocycles. The number of carbonyl (C=O) groups is 5. The van der Waals surface area contributed by atoms with Crippen molar-refractivity contribution >= 4 is 224 Å². The number of nitrogen functional groups attached to an aromatic ring is 4. The van der Waals surface area contributed by atoms with Gasteiger partial charge in [0.2, 0.25) is 0 Å². The van der Waals surface area contributed by atoms with Crippen LogP contribution < -0.4 is 44.2 Å². The molecule has 708 valence electrons. The molecule has 0 atom stereocenters. The summed E-state index contributed by atoms with van der Waals surface area (Å²) in [7, 11) is 0. The number of nitro groups is 6. The Labute approximate surface area is 851 Å². The first-order chi connectivity index (χ1) is 64.2. The topological polar surface area (TPSA) is 537 Å². The van der Waals surface area contributed by atoms with Crippen LogP contribution in [0.25, 0.3) is 0 Å². The zero-order chi connectivity index (χ0) is 98.2. The third-order valence-electron chi connectivity index (χ3n) is 16.6. The Kier molecular flexibility index (Phi) is 55.9. The van der Waals surface area contributed by atoms with Gasteiger partial charge in [0.25, 0.3) is 63.0 Å². The number of non-ortho nitro benzene ring substituents is 6. The molecule has 0 fully saturated rings. The Morgan fingerprint density at radius 1 is 0.283 bits per heavy atom. The Morgan fingerprint density at radius 3 is 0.580 bits per heavy atom. The summed E-state index contributed by atoms with van der Waals surface area (Å²) < 4.78 is 12.1. The minimum absolute atomic E-state index is 0. The molecule has 0 spiro atoms. The first-order valence-corrected chi connectivity index (χ1v) is 51.2. The van der Waals surface area contributed by atoms with Crippen LogP contribution in [0, 0.1) is 66.5 Å². The van der Waals surface area contributed by atoms with E-state index >= 15 is 0 Å². The van der Waals surface area contributed by atoms with Gasteiger partial charge >= 0.3 is 43.6 Å². The Balaban J connectivity index is 0.000000578. The van der Waals surface area contributed by atoms with Crippen LogP contribution in [-0.2, 0) is 0 Å². The van der Waals surface area contributed by atoms with Gasteiger partial charge in [0, 0.05) is 198 Å². The maximum absolute atomic E-state index is 12.4. The van der Waals surface area contributed by atoms with Crippen LogP contribution >= 0.6 is 72.1 Å². The summed E-state index contributed by atoms with van der Waals surface area (Å²) >= 11 is 14.2. The van der Waals surface area contributed by atoms with E-state index < -0.39 is 40.6 Å². The number of hydrogen-bond acceptors (Lipinski definition) is 27. The van der Waals surface area contributed by atoms with Crippen LogP contribution in [0.1, 0.15) is 87.9 Å². The quantitative estimate of drug-likeness (QED) is 0.00934. The van der Waals surface area contributed by atoms with Gasteiger partial charge in [-0.2, -0.15) is 13.5 Å². The van der Waals surface area contributed by atoms with Gasteiger partial charge < -0.3 is 54.4 Å². The molecule has 0 aliphatic heterocycles. The van der Waals surface area contributed by atoms with Crippen LogP contribution in [0.4, 0.5) is 84.0 Å². The van der Waals surface area contributed by atoms with Crippen LogP contribution in [0.15, 0.2) is 379 Å². The number of anilines is 8. The molecule has 0 heterocycles. The summed E-state index contributed by atoms with van der Waals surface area (Å²) in [5, 5.41) is 88.4. The van der Waals surface area contributed by atoms with Crippen molar-refractivity contribution < 1.29 is 68.1 Å². The second-order valence-electron chi connectivity index (χ2n) is 26.3. The fourth-order valence-corrected chi connectivity index (χ4v) is 13.5. The number of benzene rings is 14. The van der Waals surface area contributed by atoms with E-state index in [1.165, 1.54) is 174 Å². The minimum atomic E-state index is -0.620. The second kappa shape index (κ2) is 64.2. The van der Waals surface area contributed by atoms with E-state index in [4.69, 9.17) is 44.7 Å². The molecular formula is C96H94ClFN14Na2O19S5. The molecule has 14 aromatic rings. The molecule has 0 bridgehead atoms. The van der Waals surface area contributed by atoms with E-state index in [0.29, 0.717) is 56.4 Å². The van der Waals surface area contributed by atoms with Crippen molar-refractivity contribution in [2.75, 3.05) is 57.4 Å². The molecule has 33 nitrogen and oxygen atoms in total. The van der Waals surface area contributed by atoms with Crippen LogP contribution in [0.2, 0.25) is 0 Å². The molecular weight excluding hydrogens is 1910 g/mol. The van der Waals surface area contributed by atoms with Crippen LogP contribution in [-0.4, -0.2) is 125 Å². The van der Waals surface area contributed by atoms with Gasteiger partial charge in [-0.05, 0) is 292 Å². The number of aliphatic hydroxyl groups excluding tert-OH is 2. The number of amides is 4. The first-order valence-electron chi connectivity index (χ1n) is 39.5. The molecule has 4 amide bonds. The molecule has 14 aromatic carbocycles. The normalized spacial score (nSPS) is 9.58. The number of nitrogens with one attached hydrogen (secondary N) is 4. The third-order valence-corrected chi connectivity index (χ3v) is 20.9. The van der Waals surface area contributed by atoms with E-state index in [9.17, 15) is 89.0 Å². The number of nitrogens with two attached hydrogens (primary N) is 4. The van der Waals surface area contributed by atoms with Crippen molar-refractivity contribution in [3.05, 3.63) is 434 Å². The number of rotatable bonds is 23. The first kappa shape index (κ1) is 120. The fourth-order valence-electron chi connectivity index (χ4n) is 10.1. The predicted octanol–water partition coefficient (Wildman–Crippen LogP) is 23.3. The molecule has 42 heteroatoms. The van der Waals surface area contributed by atoms with Gasteiger partial charge in [-0.25, -0.2) is 4.39 Å². The second-order valence-corrected chi connectivity index (χ2v) is 31.2. The molecule has 14 N–H and O–H groups in total. The summed E-state index contributed by atoms with van der Waals surface area (Å²) in [5.74, 6) is -1.59. The molecule has 0 unspecified atom stereocenters. The molecule has 138 heavy (non-hydrogen) atoms. The van der Waals surface area contributed by atoms with Gasteiger partial charge in [-0.15, -0.1) is 0 Å². The number of halogens is 2. The predicted molar refractivity (Wildman–Crippen MR) is 554 cm³/mol. The molecule has 0 aliphatic carbocycles. The number of aliphatic hydroxyl groups is 2. The summed E-state index contributed by atoms with van der Waals surface area (Å²) in [6.45, 7) is 3.86. The van der Waals surface area contributed by atoms with Gasteiger partial charge in [0.1, 0.15) is 5.82 Å². The SMILES string of the molecule is C.C.C.CCO.CCO.Nc1ccc(C(=O)Nc2ccc(Sc3ccc(NC(=O)c4ccc(N)cc4)cc3)cc2)cc1.Nc1ccc(Sc2ccc(N)cc2)cc1.O=C(Cl)c1ccc([N+](=O)[O-])cc1.O=C(Nc1ccc(Sc2ccc(NC(=O)c3ccc([N+](=O)[O-])cc3)cc2)cc1)c1ccc([N+](=O)[O-])cc1.O=[N+]([O-])c1ccc(F)cc1.O=[N+]([O-])c1ccc(Sc2ccc([N+](=O)[O-])cc2)cc1.S.[Na][Na]. The molecule has 14 rings (SSSR count). The fraction of sp³-hybridized carbons (Fsp3) is 0.0729. The van der Waals surface area contributed by atoms with Crippen LogP contribution in [0.3, 0.4) is 0 Å². The summed E-state index contributed by atoms with van der Waals surface area (Å²) in [6, 6.07) is 91.2. The number of hydrogen-bond donors (Lipinski definition) is 10. The molecule has 0 aromatic heterocycles. The maximum atomic E-state index is 12.4. The molecule has 0 saturated heterocycles. The van der Waals surface area contributed by atoms with Crippen molar-refractivity contribution in [2.45, 2.75) is 75.3 Å². The van der Waals surface area contributed by atoms with Gasteiger partial charge in [-0.1, -0.05) is 69.3 Å².